The number of carboxylic acids is 1. The molecule has 0 heterocycles. The quantitative estimate of drug-likeness (QED) is 0.793. The van der Waals surface area contributed by atoms with Crippen LogP contribution in [0, 0.1) is 0 Å². The Hall–Kier alpha value is -3.02. The smallest absolute Gasteiger partial charge is 0.410 e. The van der Waals surface area contributed by atoms with Gasteiger partial charge in [0.25, 0.3) is 0 Å². The van der Waals surface area contributed by atoms with Crippen molar-refractivity contribution < 1.29 is 19.4 Å². The Kier molecular flexibility index (Phi) is 5.87. The number of rotatable bonds is 5. The van der Waals surface area contributed by atoms with Gasteiger partial charge in [-0.2, -0.15) is 0 Å². The van der Waals surface area contributed by atoms with Crippen LogP contribution in [0.3, 0.4) is 0 Å². The van der Waals surface area contributed by atoms with Gasteiger partial charge in [-0.05, 0) is 44.0 Å². The molecule has 1 amide bonds. The maximum Gasteiger partial charge on any atom is 0.410 e. The van der Waals surface area contributed by atoms with E-state index in [1.54, 1.807) is 17.0 Å². The lowest BCUT2D eigenvalue weighted by molar-refractivity contribution is 0.0216. The van der Waals surface area contributed by atoms with E-state index in [-0.39, 0.29) is 17.8 Å². The third-order valence-electron chi connectivity index (χ3n) is 3.59. The van der Waals surface area contributed by atoms with E-state index in [0.29, 0.717) is 6.54 Å². The van der Waals surface area contributed by atoms with Crippen molar-refractivity contribution in [3.8, 4) is 0 Å². The fourth-order valence-corrected chi connectivity index (χ4v) is 2.44. The number of hydrogen-bond donors (Lipinski definition) is 2. The molecule has 0 spiro atoms. The SMILES string of the molecule is CC(C)(C)OC(=O)N(Cc1ccccc1)Cc1ccc(C(=O)O)c(N)c1. The average molecular weight is 356 g/mol. The largest absolute Gasteiger partial charge is 0.478 e. The number of nitrogen functional groups attached to an aromatic ring is 1. The molecular weight excluding hydrogens is 332 g/mol. The van der Waals surface area contributed by atoms with Crippen molar-refractivity contribution in [3.63, 3.8) is 0 Å². The molecule has 0 aliphatic rings. The highest BCUT2D eigenvalue weighted by Gasteiger charge is 2.23. The fourth-order valence-electron chi connectivity index (χ4n) is 2.44. The number of hydrogen-bond acceptors (Lipinski definition) is 4. The van der Waals surface area contributed by atoms with E-state index in [2.05, 4.69) is 0 Å². The first-order valence-corrected chi connectivity index (χ1v) is 8.29. The molecule has 0 atom stereocenters. The number of carboxylic acid groups (broad SMARTS) is 1. The summed E-state index contributed by atoms with van der Waals surface area (Å²) in [5.74, 6) is -1.08. The highest BCUT2D eigenvalue weighted by Crippen LogP contribution is 2.19. The van der Waals surface area contributed by atoms with E-state index in [0.717, 1.165) is 11.1 Å². The number of ether oxygens (including phenoxy) is 1. The third-order valence-corrected chi connectivity index (χ3v) is 3.59. The van der Waals surface area contributed by atoms with Crippen molar-refractivity contribution in [2.75, 3.05) is 5.73 Å². The Morgan fingerprint density at radius 1 is 1.04 bits per heavy atom. The van der Waals surface area contributed by atoms with Gasteiger partial charge in [-0.15, -0.1) is 0 Å². The Labute approximate surface area is 153 Å². The summed E-state index contributed by atoms with van der Waals surface area (Å²) < 4.78 is 5.50. The van der Waals surface area contributed by atoms with Gasteiger partial charge in [0, 0.05) is 18.8 Å². The predicted molar refractivity (Wildman–Crippen MR) is 99.7 cm³/mol. The summed E-state index contributed by atoms with van der Waals surface area (Å²) in [4.78, 5) is 25.3. The molecule has 0 radical (unpaired) electrons. The van der Waals surface area contributed by atoms with Crippen molar-refractivity contribution in [1.29, 1.82) is 0 Å². The van der Waals surface area contributed by atoms with E-state index in [1.807, 2.05) is 51.1 Å². The van der Waals surface area contributed by atoms with Crippen LogP contribution in [-0.4, -0.2) is 27.7 Å². The number of benzene rings is 2. The molecule has 0 fully saturated rings. The average Bonchev–Trinajstić information content (AvgIpc) is 2.53. The zero-order valence-electron chi connectivity index (χ0n) is 15.2. The molecular formula is C20H24N2O4. The first kappa shape index (κ1) is 19.3. The van der Waals surface area contributed by atoms with Gasteiger partial charge in [0.2, 0.25) is 0 Å². The standard InChI is InChI=1S/C20H24N2O4/c1-20(2,3)26-19(25)22(12-14-7-5-4-6-8-14)13-15-9-10-16(18(23)24)17(21)11-15/h4-11H,12-13,21H2,1-3H3,(H,23,24). The third kappa shape index (κ3) is 5.51. The van der Waals surface area contributed by atoms with Crippen LogP contribution in [0.15, 0.2) is 48.5 Å². The van der Waals surface area contributed by atoms with E-state index in [9.17, 15) is 9.59 Å². The molecule has 6 nitrogen and oxygen atoms in total. The second-order valence-corrected chi connectivity index (χ2v) is 7.05. The Bertz CT molecular complexity index is 782. The van der Waals surface area contributed by atoms with Gasteiger partial charge < -0.3 is 15.6 Å². The van der Waals surface area contributed by atoms with Gasteiger partial charge >= 0.3 is 12.1 Å². The van der Waals surface area contributed by atoms with Crippen molar-refractivity contribution >= 4 is 17.7 Å². The molecule has 26 heavy (non-hydrogen) atoms. The van der Waals surface area contributed by atoms with Crippen LogP contribution < -0.4 is 5.73 Å². The van der Waals surface area contributed by atoms with Crippen LogP contribution >= 0.6 is 0 Å². The highest BCUT2D eigenvalue weighted by molar-refractivity contribution is 5.93. The molecule has 0 bridgehead atoms. The summed E-state index contributed by atoms with van der Waals surface area (Å²) in [6.07, 6.45) is -0.442. The normalized spacial score (nSPS) is 11.0. The summed E-state index contributed by atoms with van der Waals surface area (Å²) in [6.45, 7) is 6.06. The van der Waals surface area contributed by atoms with Gasteiger partial charge in [-0.1, -0.05) is 36.4 Å². The minimum atomic E-state index is -1.08. The van der Waals surface area contributed by atoms with Crippen LogP contribution in [-0.2, 0) is 17.8 Å². The zero-order chi connectivity index (χ0) is 19.3. The Morgan fingerprint density at radius 3 is 2.19 bits per heavy atom. The summed E-state index contributed by atoms with van der Waals surface area (Å²) >= 11 is 0. The molecule has 3 N–H and O–H groups in total. The molecule has 0 saturated heterocycles. The Morgan fingerprint density at radius 2 is 1.65 bits per heavy atom. The minimum Gasteiger partial charge on any atom is -0.478 e. The molecule has 0 aromatic heterocycles. The van der Waals surface area contributed by atoms with Crippen LogP contribution in [0.5, 0.6) is 0 Å². The van der Waals surface area contributed by atoms with Crippen molar-refractivity contribution in [2.45, 2.75) is 39.5 Å². The van der Waals surface area contributed by atoms with Crippen LogP contribution in [0.25, 0.3) is 0 Å². The van der Waals surface area contributed by atoms with E-state index in [4.69, 9.17) is 15.6 Å². The molecule has 6 heteroatoms. The fraction of sp³-hybridized carbons (Fsp3) is 0.300. The molecule has 138 valence electrons. The monoisotopic (exact) mass is 356 g/mol. The Balaban J connectivity index is 2.24. The number of carbonyl (C=O) groups is 2. The molecule has 2 rings (SSSR count). The van der Waals surface area contributed by atoms with Crippen molar-refractivity contribution in [1.82, 2.24) is 4.90 Å². The number of nitrogens with two attached hydrogens (primary N) is 1. The highest BCUT2D eigenvalue weighted by atomic mass is 16.6. The first-order chi connectivity index (χ1) is 12.2. The second kappa shape index (κ2) is 7.91. The van der Waals surface area contributed by atoms with E-state index < -0.39 is 17.7 Å². The zero-order valence-corrected chi connectivity index (χ0v) is 15.2. The summed E-state index contributed by atoms with van der Waals surface area (Å²) in [5.41, 5.74) is 7.10. The second-order valence-electron chi connectivity index (χ2n) is 7.05. The van der Waals surface area contributed by atoms with Gasteiger partial charge in [-0.25, -0.2) is 9.59 Å². The lowest BCUT2D eigenvalue weighted by Gasteiger charge is -2.27. The maximum absolute atomic E-state index is 12.6. The predicted octanol–water partition coefficient (Wildman–Crippen LogP) is 3.90. The number of aromatic carboxylic acids is 1. The van der Waals surface area contributed by atoms with Gasteiger partial charge in [-0.3, -0.25) is 4.90 Å². The first-order valence-electron chi connectivity index (χ1n) is 8.29. The molecule has 2 aromatic carbocycles. The molecule has 0 aliphatic heterocycles. The number of amides is 1. The molecule has 0 saturated carbocycles. The number of anilines is 1. The van der Waals surface area contributed by atoms with E-state index in [1.165, 1.54) is 6.07 Å². The molecule has 0 aliphatic carbocycles. The molecule has 0 unspecified atom stereocenters. The van der Waals surface area contributed by atoms with E-state index >= 15 is 0 Å². The van der Waals surface area contributed by atoms with Crippen molar-refractivity contribution in [2.24, 2.45) is 0 Å². The summed E-state index contributed by atoms with van der Waals surface area (Å²) in [5, 5.41) is 9.08. The summed E-state index contributed by atoms with van der Waals surface area (Å²) in [7, 11) is 0. The maximum atomic E-state index is 12.6. The number of nitrogens with zero attached hydrogens (tertiary/aromatic N) is 1. The van der Waals surface area contributed by atoms with Crippen molar-refractivity contribution in [3.05, 3.63) is 65.2 Å². The number of carbonyl (C=O) groups excluding carboxylic acids is 1. The lowest BCUT2D eigenvalue weighted by atomic mass is 10.1. The van der Waals surface area contributed by atoms with Gasteiger partial charge in [0.1, 0.15) is 5.60 Å². The van der Waals surface area contributed by atoms with Gasteiger partial charge in [0.05, 0.1) is 5.56 Å². The summed E-state index contributed by atoms with van der Waals surface area (Å²) in [6, 6.07) is 14.3. The lowest BCUT2D eigenvalue weighted by Crippen LogP contribution is -2.36. The van der Waals surface area contributed by atoms with Gasteiger partial charge in [0.15, 0.2) is 0 Å². The topological polar surface area (TPSA) is 92.9 Å². The van der Waals surface area contributed by atoms with Crippen LogP contribution in [0.1, 0.15) is 42.3 Å². The van der Waals surface area contributed by atoms with Crippen LogP contribution in [0.4, 0.5) is 10.5 Å². The van der Waals surface area contributed by atoms with Crippen LogP contribution in [0.2, 0.25) is 0 Å². The minimum absolute atomic E-state index is 0.0422. The molecule has 2 aromatic rings.